The third-order valence-electron chi connectivity index (χ3n) is 3.52. The Morgan fingerprint density at radius 3 is 1.67 bits per heavy atom. The van der Waals surface area contributed by atoms with Crippen molar-refractivity contribution in [2.24, 2.45) is 0 Å². The second kappa shape index (κ2) is 3.78. The van der Waals surface area contributed by atoms with E-state index < -0.39 is 9.84 Å². The van der Waals surface area contributed by atoms with Crippen LogP contribution in [0.3, 0.4) is 0 Å². The molecular weight excluding hydrogens is 208 g/mol. The number of allylic oxidation sites excluding steroid dienone is 2. The molecule has 15 heavy (non-hydrogen) atoms. The predicted octanol–water partition coefficient (Wildman–Crippen LogP) is 2.62. The van der Waals surface area contributed by atoms with Crippen LogP contribution in [0.1, 0.15) is 39.5 Å². The van der Waals surface area contributed by atoms with Gasteiger partial charge in [0.1, 0.15) is 0 Å². The molecule has 0 heterocycles. The van der Waals surface area contributed by atoms with Crippen molar-refractivity contribution in [2.75, 3.05) is 0 Å². The van der Waals surface area contributed by atoms with E-state index in [9.17, 15) is 8.42 Å². The summed E-state index contributed by atoms with van der Waals surface area (Å²) in [6, 6.07) is 0. The Morgan fingerprint density at radius 2 is 1.40 bits per heavy atom. The Kier molecular flexibility index (Phi) is 2.75. The lowest BCUT2D eigenvalue weighted by Gasteiger charge is -2.32. The summed E-state index contributed by atoms with van der Waals surface area (Å²) in [4.78, 5) is 0. The molecule has 0 aromatic carbocycles. The van der Waals surface area contributed by atoms with E-state index in [1.165, 1.54) is 11.1 Å². The molecule has 0 amide bonds. The van der Waals surface area contributed by atoms with Gasteiger partial charge in [-0.1, -0.05) is 37.1 Å². The lowest BCUT2D eigenvalue weighted by Crippen LogP contribution is -2.37. The van der Waals surface area contributed by atoms with Crippen molar-refractivity contribution in [3.8, 4) is 0 Å². The Labute approximate surface area is 92.0 Å². The first-order valence-electron chi connectivity index (χ1n) is 5.69. The van der Waals surface area contributed by atoms with Gasteiger partial charge in [-0.15, -0.1) is 0 Å². The highest BCUT2D eigenvalue weighted by Crippen LogP contribution is 2.36. The van der Waals surface area contributed by atoms with Gasteiger partial charge in [-0.2, -0.15) is 0 Å². The summed E-state index contributed by atoms with van der Waals surface area (Å²) < 4.78 is 24.1. The summed E-state index contributed by atoms with van der Waals surface area (Å²) in [6.07, 6.45) is 7.40. The molecule has 3 heteroatoms. The fraction of sp³-hybridized carbons (Fsp3) is 0.667. The van der Waals surface area contributed by atoms with Gasteiger partial charge < -0.3 is 0 Å². The average molecular weight is 226 g/mol. The van der Waals surface area contributed by atoms with E-state index in [-0.39, 0.29) is 10.5 Å². The van der Waals surface area contributed by atoms with Gasteiger partial charge in [-0.05, 0) is 25.7 Å². The first-order valence-corrected chi connectivity index (χ1v) is 7.30. The minimum Gasteiger partial charge on any atom is -0.228 e. The van der Waals surface area contributed by atoms with Crippen molar-refractivity contribution in [3.05, 3.63) is 23.3 Å². The van der Waals surface area contributed by atoms with Gasteiger partial charge in [0.25, 0.3) is 0 Å². The molecule has 0 radical (unpaired) electrons. The molecule has 2 unspecified atom stereocenters. The van der Waals surface area contributed by atoms with Gasteiger partial charge in [0, 0.05) is 0 Å². The van der Waals surface area contributed by atoms with Crippen LogP contribution in [0.5, 0.6) is 0 Å². The molecule has 0 aliphatic heterocycles. The molecule has 2 atom stereocenters. The molecule has 2 aliphatic carbocycles. The summed E-state index contributed by atoms with van der Waals surface area (Å²) in [5.74, 6) is 0. The summed E-state index contributed by atoms with van der Waals surface area (Å²) in [6.45, 7) is 4.15. The highest BCUT2D eigenvalue weighted by atomic mass is 32.2. The van der Waals surface area contributed by atoms with Crippen LogP contribution in [-0.2, 0) is 9.84 Å². The van der Waals surface area contributed by atoms with Gasteiger partial charge in [-0.25, -0.2) is 8.42 Å². The standard InChI is InChI=1S/C12H18O2S/c1-3-9-5-11(6-9)15(13,14)12-7-10(4-2)8-12/h5,7,11-12H,3-4,6,8H2,1-2H3. The largest absolute Gasteiger partial charge is 0.228 e. The zero-order chi connectivity index (χ0) is 11.1. The van der Waals surface area contributed by atoms with E-state index in [4.69, 9.17) is 0 Å². The van der Waals surface area contributed by atoms with Crippen molar-refractivity contribution in [1.29, 1.82) is 0 Å². The molecule has 0 N–H and O–H groups in total. The van der Waals surface area contributed by atoms with E-state index in [2.05, 4.69) is 13.8 Å². The number of hydrogen-bond acceptors (Lipinski definition) is 2. The monoisotopic (exact) mass is 226 g/mol. The Bertz CT molecular complexity index is 381. The van der Waals surface area contributed by atoms with E-state index in [0.29, 0.717) is 0 Å². The maximum Gasteiger partial charge on any atom is 0.163 e. The average Bonchev–Trinajstić information content (AvgIpc) is 1.98. The zero-order valence-electron chi connectivity index (χ0n) is 9.36. The smallest absolute Gasteiger partial charge is 0.163 e. The molecule has 0 saturated heterocycles. The molecule has 0 aromatic heterocycles. The van der Waals surface area contributed by atoms with Crippen molar-refractivity contribution in [3.63, 3.8) is 0 Å². The highest BCUT2D eigenvalue weighted by molar-refractivity contribution is 7.93. The number of hydrogen-bond donors (Lipinski definition) is 0. The molecule has 0 fully saturated rings. The number of sulfone groups is 1. The fourth-order valence-corrected chi connectivity index (χ4v) is 4.25. The molecule has 2 rings (SSSR count). The van der Waals surface area contributed by atoms with Gasteiger partial charge in [0.2, 0.25) is 0 Å². The van der Waals surface area contributed by atoms with Gasteiger partial charge in [0.05, 0.1) is 10.5 Å². The van der Waals surface area contributed by atoms with Crippen molar-refractivity contribution < 1.29 is 8.42 Å². The molecule has 2 aliphatic rings. The highest BCUT2D eigenvalue weighted by Gasteiger charge is 2.39. The zero-order valence-corrected chi connectivity index (χ0v) is 10.2. The SMILES string of the molecule is CCC1=CC(S(=O)(=O)C2C=C(CC)C2)C1. The first-order chi connectivity index (χ1) is 7.07. The molecule has 0 saturated carbocycles. The maximum absolute atomic E-state index is 12.0. The second-order valence-corrected chi connectivity index (χ2v) is 6.82. The van der Waals surface area contributed by atoms with Gasteiger partial charge >= 0.3 is 0 Å². The van der Waals surface area contributed by atoms with Crippen molar-refractivity contribution in [1.82, 2.24) is 0 Å². The summed E-state index contributed by atoms with van der Waals surface area (Å²) in [7, 11) is -2.90. The van der Waals surface area contributed by atoms with Gasteiger partial charge in [0.15, 0.2) is 9.84 Å². The summed E-state index contributed by atoms with van der Waals surface area (Å²) in [5, 5.41) is -0.376. The van der Waals surface area contributed by atoms with Crippen LogP contribution in [0, 0.1) is 0 Å². The molecule has 2 nitrogen and oxygen atoms in total. The lowest BCUT2D eigenvalue weighted by molar-refractivity contribution is 0.565. The quantitative estimate of drug-likeness (QED) is 0.691. The van der Waals surface area contributed by atoms with Crippen LogP contribution in [0.4, 0.5) is 0 Å². The maximum atomic E-state index is 12.0. The molecular formula is C12H18O2S. The van der Waals surface area contributed by atoms with E-state index >= 15 is 0 Å². The van der Waals surface area contributed by atoms with E-state index in [1.54, 1.807) is 0 Å². The predicted molar refractivity (Wildman–Crippen MR) is 62.5 cm³/mol. The van der Waals surface area contributed by atoms with Crippen LogP contribution in [-0.4, -0.2) is 18.9 Å². The van der Waals surface area contributed by atoms with Crippen LogP contribution in [0.2, 0.25) is 0 Å². The Morgan fingerprint density at radius 1 is 1.07 bits per heavy atom. The Hall–Kier alpha value is -0.570. The summed E-state index contributed by atoms with van der Waals surface area (Å²) >= 11 is 0. The third kappa shape index (κ3) is 1.78. The van der Waals surface area contributed by atoms with Gasteiger partial charge in [-0.3, -0.25) is 0 Å². The molecule has 84 valence electrons. The summed E-state index contributed by atoms with van der Waals surface area (Å²) in [5.41, 5.74) is 2.59. The second-order valence-electron chi connectivity index (χ2n) is 4.43. The molecule has 0 aromatic rings. The first kappa shape index (κ1) is 10.9. The van der Waals surface area contributed by atoms with E-state index in [0.717, 1.165) is 25.7 Å². The fourth-order valence-electron chi connectivity index (χ4n) is 2.15. The van der Waals surface area contributed by atoms with Crippen molar-refractivity contribution >= 4 is 9.84 Å². The topological polar surface area (TPSA) is 34.1 Å². The minimum atomic E-state index is -2.90. The molecule has 0 spiro atoms. The van der Waals surface area contributed by atoms with Crippen molar-refractivity contribution in [2.45, 2.75) is 50.0 Å². The number of rotatable bonds is 4. The lowest BCUT2D eigenvalue weighted by atomic mass is 9.95. The Balaban J connectivity index is 2.05. The van der Waals surface area contributed by atoms with Crippen LogP contribution >= 0.6 is 0 Å². The van der Waals surface area contributed by atoms with Crippen LogP contribution < -0.4 is 0 Å². The normalized spacial score (nSPS) is 30.0. The van der Waals surface area contributed by atoms with Crippen LogP contribution in [0.25, 0.3) is 0 Å². The van der Waals surface area contributed by atoms with E-state index in [1.807, 2.05) is 12.2 Å². The third-order valence-corrected chi connectivity index (χ3v) is 5.82. The van der Waals surface area contributed by atoms with Crippen LogP contribution in [0.15, 0.2) is 23.3 Å². The molecule has 0 bridgehead atoms. The minimum absolute atomic E-state index is 0.188.